The van der Waals surface area contributed by atoms with Gasteiger partial charge in [0.2, 0.25) is 10.0 Å². The van der Waals surface area contributed by atoms with Crippen LogP contribution in [0.1, 0.15) is 25.7 Å². The van der Waals surface area contributed by atoms with Gasteiger partial charge in [-0.15, -0.1) is 0 Å². The summed E-state index contributed by atoms with van der Waals surface area (Å²) in [4.78, 5) is 2.26. The second-order valence-corrected chi connectivity index (χ2v) is 6.72. The molecular formula is C11H21N2O2S. The molecule has 93 valence electrons. The minimum absolute atomic E-state index is 0.299. The summed E-state index contributed by atoms with van der Waals surface area (Å²) in [6, 6.07) is 0. The number of likely N-dealkylation sites (tertiary alicyclic amines) is 1. The molecule has 2 rings (SSSR count). The first-order valence-electron chi connectivity index (χ1n) is 6.20. The van der Waals surface area contributed by atoms with E-state index < -0.39 is 10.0 Å². The number of hydrogen-bond acceptors (Lipinski definition) is 3. The molecule has 5 heteroatoms. The number of rotatable bonds is 4. The van der Waals surface area contributed by atoms with Crippen LogP contribution in [0.5, 0.6) is 0 Å². The van der Waals surface area contributed by atoms with Crippen LogP contribution in [0.2, 0.25) is 0 Å². The first kappa shape index (κ1) is 12.3. The highest BCUT2D eigenvalue weighted by molar-refractivity contribution is 7.89. The smallest absolute Gasteiger partial charge is 0.215 e. The Morgan fingerprint density at radius 1 is 1.00 bits per heavy atom. The molecule has 0 amide bonds. The van der Waals surface area contributed by atoms with Crippen molar-refractivity contribution in [1.82, 2.24) is 9.21 Å². The Kier molecular flexibility index (Phi) is 4.21. The van der Waals surface area contributed by atoms with E-state index in [2.05, 4.69) is 11.3 Å². The lowest BCUT2D eigenvalue weighted by atomic mass is 10.2. The standard InChI is InChI=1S/C11H21N2O2S/c14-16(15,13-8-2-1-3-9-13)11-10-12-6-4-5-7-12/h1H,2-11H2. The Bertz CT molecular complexity index is 304. The second kappa shape index (κ2) is 5.47. The van der Waals surface area contributed by atoms with Crippen LogP contribution in [0.3, 0.4) is 0 Å². The fourth-order valence-corrected chi connectivity index (χ4v) is 3.90. The summed E-state index contributed by atoms with van der Waals surface area (Å²) in [5.41, 5.74) is 0. The van der Waals surface area contributed by atoms with E-state index in [0.29, 0.717) is 25.4 Å². The third-order valence-electron chi connectivity index (χ3n) is 3.42. The fourth-order valence-electron chi connectivity index (χ4n) is 2.38. The molecule has 2 fully saturated rings. The van der Waals surface area contributed by atoms with Crippen molar-refractivity contribution in [1.29, 1.82) is 0 Å². The number of hydrogen-bond donors (Lipinski definition) is 0. The highest BCUT2D eigenvalue weighted by atomic mass is 32.2. The summed E-state index contributed by atoms with van der Waals surface area (Å²) in [7, 11) is -3.00. The average molecular weight is 245 g/mol. The summed E-state index contributed by atoms with van der Waals surface area (Å²) in [6.45, 7) is 4.22. The van der Waals surface area contributed by atoms with Gasteiger partial charge in [-0.1, -0.05) is 0 Å². The van der Waals surface area contributed by atoms with E-state index in [-0.39, 0.29) is 0 Å². The SMILES string of the molecule is O=S(=O)(CCN1CCCC1)N1CC[CH]CC1. The van der Waals surface area contributed by atoms with E-state index in [4.69, 9.17) is 0 Å². The Balaban J connectivity index is 1.81. The van der Waals surface area contributed by atoms with Gasteiger partial charge in [0.15, 0.2) is 0 Å². The van der Waals surface area contributed by atoms with Crippen molar-refractivity contribution < 1.29 is 8.42 Å². The van der Waals surface area contributed by atoms with E-state index in [1.807, 2.05) is 0 Å². The van der Waals surface area contributed by atoms with Crippen molar-refractivity contribution >= 4 is 10.0 Å². The molecular weight excluding hydrogens is 224 g/mol. The monoisotopic (exact) mass is 245 g/mol. The van der Waals surface area contributed by atoms with Crippen LogP contribution in [-0.2, 0) is 10.0 Å². The minimum atomic E-state index is -3.00. The molecule has 16 heavy (non-hydrogen) atoms. The molecule has 4 nitrogen and oxygen atoms in total. The zero-order chi connectivity index (χ0) is 11.4. The molecule has 2 aliphatic rings. The zero-order valence-corrected chi connectivity index (χ0v) is 10.6. The van der Waals surface area contributed by atoms with Gasteiger partial charge in [0.05, 0.1) is 5.75 Å². The van der Waals surface area contributed by atoms with E-state index in [1.165, 1.54) is 12.8 Å². The van der Waals surface area contributed by atoms with Gasteiger partial charge in [0.25, 0.3) is 0 Å². The van der Waals surface area contributed by atoms with Crippen LogP contribution < -0.4 is 0 Å². The van der Waals surface area contributed by atoms with Crippen molar-refractivity contribution in [3.8, 4) is 0 Å². The number of nitrogens with zero attached hydrogens (tertiary/aromatic N) is 2. The molecule has 0 aromatic heterocycles. The Hall–Kier alpha value is -0.130. The van der Waals surface area contributed by atoms with Crippen LogP contribution in [0.15, 0.2) is 0 Å². The number of sulfonamides is 1. The van der Waals surface area contributed by atoms with E-state index >= 15 is 0 Å². The van der Waals surface area contributed by atoms with E-state index in [9.17, 15) is 8.42 Å². The van der Waals surface area contributed by atoms with Gasteiger partial charge in [-0.3, -0.25) is 0 Å². The Labute approximate surface area is 98.7 Å². The van der Waals surface area contributed by atoms with Gasteiger partial charge in [-0.25, -0.2) is 12.7 Å². The highest BCUT2D eigenvalue weighted by Gasteiger charge is 2.24. The first-order chi connectivity index (χ1) is 7.68. The topological polar surface area (TPSA) is 40.6 Å². The lowest BCUT2D eigenvalue weighted by Crippen LogP contribution is -2.40. The Morgan fingerprint density at radius 2 is 1.62 bits per heavy atom. The summed E-state index contributed by atoms with van der Waals surface area (Å²) in [6.07, 6.45) is 6.43. The molecule has 0 spiro atoms. The molecule has 0 bridgehead atoms. The molecule has 0 unspecified atom stereocenters. The largest absolute Gasteiger partial charge is 0.302 e. The van der Waals surface area contributed by atoms with Crippen LogP contribution in [0, 0.1) is 6.42 Å². The summed E-state index contributed by atoms with van der Waals surface area (Å²) >= 11 is 0. The molecule has 2 heterocycles. The third kappa shape index (κ3) is 3.18. The van der Waals surface area contributed by atoms with E-state index in [1.54, 1.807) is 4.31 Å². The van der Waals surface area contributed by atoms with Crippen molar-refractivity contribution in [2.24, 2.45) is 0 Å². The van der Waals surface area contributed by atoms with Crippen molar-refractivity contribution in [3.63, 3.8) is 0 Å². The van der Waals surface area contributed by atoms with Gasteiger partial charge in [0, 0.05) is 19.6 Å². The first-order valence-corrected chi connectivity index (χ1v) is 7.81. The Morgan fingerprint density at radius 3 is 2.25 bits per heavy atom. The normalized spacial score (nSPS) is 25.0. The molecule has 0 aromatic carbocycles. The van der Waals surface area contributed by atoms with Crippen molar-refractivity contribution in [2.45, 2.75) is 25.7 Å². The van der Waals surface area contributed by atoms with Crippen LogP contribution >= 0.6 is 0 Å². The van der Waals surface area contributed by atoms with Crippen molar-refractivity contribution in [2.75, 3.05) is 38.5 Å². The molecule has 0 N–H and O–H groups in total. The third-order valence-corrected chi connectivity index (χ3v) is 5.27. The lowest BCUT2D eigenvalue weighted by Gasteiger charge is -2.26. The van der Waals surface area contributed by atoms with Crippen LogP contribution in [-0.4, -0.2) is 56.1 Å². The molecule has 2 saturated heterocycles. The van der Waals surface area contributed by atoms with Gasteiger partial charge in [0.1, 0.15) is 0 Å². The molecule has 0 aromatic rings. The highest BCUT2D eigenvalue weighted by Crippen LogP contribution is 2.14. The molecule has 0 saturated carbocycles. The van der Waals surface area contributed by atoms with E-state index in [0.717, 1.165) is 25.9 Å². The maximum absolute atomic E-state index is 12.0. The van der Waals surface area contributed by atoms with Gasteiger partial charge in [-0.05, 0) is 45.2 Å². The summed E-state index contributed by atoms with van der Waals surface area (Å²) in [5, 5.41) is 0. The molecule has 0 atom stereocenters. The maximum atomic E-state index is 12.0. The summed E-state index contributed by atoms with van der Waals surface area (Å²) < 4.78 is 25.7. The summed E-state index contributed by atoms with van der Waals surface area (Å²) in [5.74, 6) is 0.299. The fraction of sp³-hybridized carbons (Fsp3) is 0.909. The van der Waals surface area contributed by atoms with Crippen LogP contribution in [0.4, 0.5) is 0 Å². The zero-order valence-electron chi connectivity index (χ0n) is 9.77. The second-order valence-electron chi connectivity index (χ2n) is 4.63. The maximum Gasteiger partial charge on any atom is 0.215 e. The minimum Gasteiger partial charge on any atom is -0.302 e. The average Bonchev–Trinajstić information content (AvgIpc) is 2.81. The predicted octanol–water partition coefficient (Wildman–Crippen LogP) is 0.712. The predicted molar refractivity (Wildman–Crippen MR) is 64.6 cm³/mol. The molecule has 2 aliphatic heterocycles. The van der Waals surface area contributed by atoms with Gasteiger partial charge >= 0.3 is 0 Å². The van der Waals surface area contributed by atoms with Gasteiger partial charge in [-0.2, -0.15) is 0 Å². The quantitative estimate of drug-likeness (QED) is 0.732. The molecule has 0 aliphatic carbocycles. The van der Waals surface area contributed by atoms with Crippen LogP contribution in [0.25, 0.3) is 0 Å². The van der Waals surface area contributed by atoms with Gasteiger partial charge < -0.3 is 4.90 Å². The lowest BCUT2D eigenvalue weighted by molar-refractivity contribution is 0.346. The molecule has 1 radical (unpaired) electrons. The number of piperidine rings is 1. The van der Waals surface area contributed by atoms with Crippen molar-refractivity contribution in [3.05, 3.63) is 6.42 Å².